The van der Waals surface area contributed by atoms with E-state index in [0.29, 0.717) is 0 Å². The molecule has 1 aromatic rings. The smallest absolute Gasteiger partial charge is 0.0589 e. The molecule has 19 heavy (non-hydrogen) atoms. The van der Waals surface area contributed by atoms with Crippen molar-refractivity contribution in [1.82, 2.24) is 20.0 Å². The van der Waals surface area contributed by atoms with E-state index in [1.54, 1.807) is 7.11 Å². The van der Waals surface area contributed by atoms with Crippen molar-refractivity contribution in [2.24, 2.45) is 13.0 Å². The number of hydrogen-bond acceptors (Lipinski definition) is 4. The minimum absolute atomic E-state index is 0.794. The minimum atomic E-state index is 0.794. The molecular formula is C14H26N4O. The summed E-state index contributed by atoms with van der Waals surface area (Å²) in [4.78, 5) is 2.50. The quantitative estimate of drug-likeness (QED) is 0.795. The first kappa shape index (κ1) is 14.5. The first-order valence-corrected chi connectivity index (χ1v) is 7.18. The van der Waals surface area contributed by atoms with Crippen LogP contribution in [0.2, 0.25) is 0 Å². The molecule has 0 saturated carbocycles. The van der Waals surface area contributed by atoms with Gasteiger partial charge < -0.3 is 10.1 Å². The summed E-state index contributed by atoms with van der Waals surface area (Å²) in [7, 11) is 3.78. The number of nitrogens with one attached hydrogen (secondary N) is 1. The lowest BCUT2D eigenvalue weighted by Crippen LogP contribution is -2.37. The topological polar surface area (TPSA) is 42.3 Å². The Bertz CT molecular complexity index is 360. The predicted molar refractivity (Wildman–Crippen MR) is 76.0 cm³/mol. The number of piperidine rings is 1. The van der Waals surface area contributed by atoms with E-state index in [4.69, 9.17) is 4.74 Å². The normalized spacial score (nSPS) is 17.2. The van der Waals surface area contributed by atoms with Gasteiger partial charge in [-0.3, -0.25) is 9.58 Å². The fraction of sp³-hybridized carbons (Fsp3) is 0.786. The Morgan fingerprint density at radius 3 is 2.89 bits per heavy atom. The fourth-order valence-corrected chi connectivity index (χ4v) is 2.67. The molecule has 1 aromatic heterocycles. The lowest BCUT2D eigenvalue weighted by Gasteiger charge is -2.30. The molecule has 0 amide bonds. The third-order valence-corrected chi connectivity index (χ3v) is 3.89. The molecule has 108 valence electrons. The molecule has 0 unspecified atom stereocenters. The lowest BCUT2D eigenvalue weighted by molar-refractivity contribution is 0.124. The molecule has 5 heteroatoms. The Kier molecular flexibility index (Phi) is 5.82. The molecule has 5 nitrogen and oxygen atoms in total. The van der Waals surface area contributed by atoms with Crippen LogP contribution < -0.4 is 5.32 Å². The first-order valence-electron chi connectivity index (χ1n) is 7.18. The second kappa shape index (κ2) is 7.62. The molecule has 0 spiro atoms. The van der Waals surface area contributed by atoms with Crippen LogP contribution in [0.3, 0.4) is 0 Å². The van der Waals surface area contributed by atoms with Gasteiger partial charge in [-0.25, -0.2) is 0 Å². The van der Waals surface area contributed by atoms with Crippen LogP contribution in [-0.2, 0) is 18.3 Å². The SMILES string of the molecule is COCCN(Cc1ccnn1C)CC1CCNCC1. The largest absolute Gasteiger partial charge is 0.383 e. The zero-order valence-corrected chi connectivity index (χ0v) is 12.1. The molecule has 0 atom stereocenters. The third-order valence-electron chi connectivity index (χ3n) is 3.89. The van der Waals surface area contributed by atoms with Crippen molar-refractivity contribution in [2.75, 3.05) is 39.9 Å². The maximum atomic E-state index is 5.23. The summed E-state index contributed by atoms with van der Waals surface area (Å²) in [5, 5.41) is 7.67. The average molecular weight is 266 g/mol. The maximum absolute atomic E-state index is 5.23. The highest BCUT2D eigenvalue weighted by molar-refractivity contribution is 4.99. The molecule has 1 saturated heterocycles. The van der Waals surface area contributed by atoms with Crippen molar-refractivity contribution in [3.8, 4) is 0 Å². The van der Waals surface area contributed by atoms with E-state index in [0.717, 1.165) is 45.2 Å². The van der Waals surface area contributed by atoms with Gasteiger partial charge in [-0.15, -0.1) is 0 Å². The molecule has 0 aliphatic carbocycles. The average Bonchev–Trinajstić information content (AvgIpc) is 2.83. The number of aryl methyl sites for hydroxylation is 1. The van der Waals surface area contributed by atoms with Gasteiger partial charge in [0.25, 0.3) is 0 Å². The van der Waals surface area contributed by atoms with Crippen LogP contribution in [0.25, 0.3) is 0 Å². The van der Waals surface area contributed by atoms with E-state index in [1.807, 2.05) is 17.9 Å². The Balaban J connectivity index is 1.88. The Labute approximate surface area is 115 Å². The summed E-state index contributed by atoms with van der Waals surface area (Å²) in [5.41, 5.74) is 1.27. The monoisotopic (exact) mass is 266 g/mol. The fourth-order valence-electron chi connectivity index (χ4n) is 2.67. The van der Waals surface area contributed by atoms with Crippen LogP contribution >= 0.6 is 0 Å². The minimum Gasteiger partial charge on any atom is -0.383 e. The van der Waals surface area contributed by atoms with Crippen LogP contribution in [0.1, 0.15) is 18.5 Å². The summed E-state index contributed by atoms with van der Waals surface area (Å²) < 4.78 is 7.20. The van der Waals surface area contributed by atoms with E-state index in [1.165, 1.54) is 18.5 Å². The lowest BCUT2D eigenvalue weighted by atomic mass is 9.97. The summed E-state index contributed by atoms with van der Waals surface area (Å²) in [6.07, 6.45) is 4.44. The van der Waals surface area contributed by atoms with Crippen LogP contribution in [0, 0.1) is 5.92 Å². The van der Waals surface area contributed by atoms with E-state index < -0.39 is 0 Å². The van der Waals surface area contributed by atoms with Crippen molar-refractivity contribution in [2.45, 2.75) is 19.4 Å². The third kappa shape index (κ3) is 4.60. The molecular weight excluding hydrogens is 240 g/mol. The van der Waals surface area contributed by atoms with Crippen LogP contribution in [-0.4, -0.2) is 54.6 Å². The highest BCUT2D eigenvalue weighted by atomic mass is 16.5. The van der Waals surface area contributed by atoms with Gasteiger partial charge in [-0.2, -0.15) is 5.10 Å². The van der Waals surface area contributed by atoms with Gasteiger partial charge in [0.1, 0.15) is 0 Å². The van der Waals surface area contributed by atoms with Gasteiger partial charge in [0, 0.05) is 40.0 Å². The molecule has 2 heterocycles. The highest BCUT2D eigenvalue weighted by Gasteiger charge is 2.17. The van der Waals surface area contributed by atoms with Crippen molar-refractivity contribution in [1.29, 1.82) is 0 Å². The first-order chi connectivity index (χ1) is 9.29. The maximum Gasteiger partial charge on any atom is 0.0589 e. The predicted octanol–water partition coefficient (Wildman–Crippen LogP) is 0.868. The molecule has 0 bridgehead atoms. The Hall–Kier alpha value is -0.910. The second-order valence-electron chi connectivity index (χ2n) is 5.37. The molecule has 1 N–H and O–H groups in total. The van der Waals surface area contributed by atoms with Crippen LogP contribution in [0.15, 0.2) is 12.3 Å². The molecule has 1 aliphatic heterocycles. The number of ether oxygens (including phenoxy) is 1. The molecule has 0 aromatic carbocycles. The highest BCUT2D eigenvalue weighted by Crippen LogP contribution is 2.15. The van der Waals surface area contributed by atoms with Crippen molar-refractivity contribution in [3.63, 3.8) is 0 Å². The van der Waals surface area contributed by atoms with Crippen LogP contribution in [0.5, 0.6) is 0 Å². The summed E-state index contributed by atoms with van der Waals surface area (Å²) in [6.45, 7) is 6.23. The van der Waals surface area contributed by atoms with Gasteiger partial charge in [-0.05, 0) is 37.9 Å². The molecule has 1 aliphatic rings. The van der Waals surface area contributed by atoms with E-state index >= 15 is 0 Å². The van der Waals surface area contributed by atoms with E-state index in [9.17, 15) is 0 Å². The van der Waals surface area contributed by atoms with E-state index in [2.05, 4.69) is 21.4 Å². The summed E-state index contributed by atoms with van der Waals surface area (Å²) in [5.74, 6) is 0.811. The number of nitrogens with zero attached hydrogens (tertiary/aromatic N) is 3. The van der Waals surface area contributed by atoms with Gasteiger partial charge in [-0.1, -0.05) is 0 Å². The van der Waals surface area contributed by atoms with Gasteiger partial charge in [0.2, 0.25) is 0 Å². The van der Waals surface area contributed by atoms with Gasteiger partial charge in [0.05, 0.1) is 12.3 Å². The molecule has 1 fully saturated rings. The van der Waals surface area contributed by atoms with Crippen LogP contribution in [0.4, 0.5) is 0 Å². The zero-order valence-electron chi connectivity index (χ0n) is 12.1. The Morgan fingerprint density at radius 1 is 1.47 bits per heavy atom. The number of methoxy groups -OCH3 is 1. The number of aromatic nitrogens is 2. The van der Waals surface area contributed by atoms with Crippen molar-refractivity contribution >= 4 is 0 Å². The summed E-state index contributed by atoms with van der Waals surface area (Å²) >= 11 is 0. The number of hydrogen-bond donors (Lipinski definition) is 1. The van der Waals surface area contributed by atoms with Crippen molar-refractivity contribution < 1.29 is 4.74 Å². The molecule has 0 radical (unpaired) electrons. The number of rotatable bonds is 7. The van der Waals surface area contributed by atoms with Gasteiger partial charge >= 0.3 is 0 Å². The molecule has 2 rings (SSSR count). The summed E-state index contributed by atoms with van der Waals surface area (Å²) in [6, 6.07) is 2.10. The van der Waals surface area contributed by atoms with E-state index in [-0.39, 0.29) is 0 Å². The Morgan fingerprint density at radius 2 is 2.26 bits per heavy atom. The second-order valence-corrected chi connectivity index (χ2v) is 5.37. The van der Waals surface area contributed by atoms with Gasteiger partial charge in [0.15, 0.2) is 0 Å². The standard InChI is InChI=1S/C14H26N4O/c1-17-14(5-8-16-17)12-18(9-10-19-2)11-13-3-6-15-7-4-13/h5,8,13,15H,3-4,6-7,9-12H2,1-2H3. The zero-order chi connectivity index (χ0) is 13.5. The van der Waals surface area contributed by atoms with Crippen molar-refractivity contribution in [3.05, 3.63) is 18.0 Å².